The third kappa shape index (κ3) is 3.07. The van der Waals surface area contributed by atoms with Crippen LogP contribution >= 0.6 is 0 Å². The summed E-state index contributed by atoms with van der Waals surface area (Å²) in [5.74, 6) is 0.546. The van der Waals surface area contributed by atoms with Gasteiger partial charge in [-0.1, -0.05) is 11.6 Å². The molecule has 1 amide bonds. The Morgan fingerprint density at radius 1 is 1.15 bits per heavy atom. The average Bonchev–Trinajstić information content (AvgIpc) is 3.51. The zero-order chi connectivity index (χ0) is 18.3. The number of amides is 1. The number of aromatic nitrogens is 2. The van der Waals surface area contributed by atoms with E-state index in [1.54, 1.807) is 12.4 Å². The normalized spacial score (nSPS) is 15.0. The molecule has 4 nitrogen and oxygen atoms in total. The van der Waals surface area contributed by atoms with E-state index in [1.165, 1.54) is 12.8 Å². The van der Waals surface area contributed by atoms with Crippen molar-refractivity contribution in [3.8, 4) is 0 Å². The maximum Gasteiger partial charge on any atom is 0.254 e. The molecule has 0 spiro atoms. The van der Waals surface area contributed by atoms with Gasteiger partial charge in [-0.05, 0) is 62.6 Å². The fourth-order valence-corrected chi connectivity index (χ4v) is 3.36. The highest BCUT2D eigenvalue weighted by Gasteiger charge is 2.28. The molecule has 0 bridgehead atoms. The van der Waals surface area contributed by atoms with E-state index in [2.05, 4.69) is 17.1 Å². The summed E-state index contributed by atoms with van der Waals surface area (Å²) in [4.78, 5) is 24.0. The van der Waals surface area contributed by atoms with Gasteiger partial charge in [0.05, 0.1) is 17.1 Å². The fourth-order valence-electron chi connectivity index (χ4n) is 3.36. The van der Waals surface area contributed by atoms with E-state index in [-0.39, 0.29) is 11.9 Å². The molecule has 3 aromatic rings. The van der Waals surface area contributed by atoms with Crippen molar-refractivity contribution in [1.29, 1.82) is 0 Å². The van der Waals surface area contributed by atoms with Gasteiger partial charge in [-0.3, -0.25) is 14.8 Å². The van der Waals surface area contributed by atoms with Crippen LogP contribution in [0, 0.1) is 6.92 Å². The molecule has 1 aromatic carbocycles. The highest BCUT2D eigenvalue weighted by molar-refractivity contribution is 6.06. The van der Waals surface area contributed by atoms with E-state index < -0.39 is 0 Å². The SMILES string of the molecule is Cc1ccc2nc(C3CC3)cc(C(=O)N(C)[C@H](C)c3ccncc3)c2c1. The summed E-state index contributed by atoms with van der Waals surface area (Å²) in [6.07, 6.45) is 5.86. The maximum atomic E-state index is 13.4. The molecular formula is C22H23N3O. The molecule has 1 aliphatic rings. The summed E-state index contributed by atoms with van der Waals surface area (Å²) in [7, 11) is 1.87. The quantitative estimate of drug-likeness (QED) is 0.691. The van der Waals surface area contributed by atoms with Crippen LogP contribution in [0.25, 0.3) is 10.9 Å². The number of hydrogen-bond acceptors (Lipinski definition) is 3. The summed E-state index contributed by atoms with van der Waals surface area (Å²) in [5, 5.41) is 0.938. The molecule has 132 valence electrons. The number of nitrogens with zero attached hydrogens (tertiary/aromatic N) is 3. The number of benzene rings is 1. The summed E-state index contributed by atoms with van der Waals surface area (Å²) in [5.41, 5.74) is 4.93. The van der Waals surface area contributed by atoms with Crippen molar-refractivity contribution < 1.29 is 4.79 Å². The van der Waals surface area contributed by atoms with Crippen LogP contribution in [0.15, 0.2) is 48.8 Å². The van der Waals surface area contributed by atoms with Crippen LogP contribution in [0.2, 0.25) is 0 Å². The van der Waals surface area contributed by atoms with E-state index in [9.17, 15) is 4.79 Å². The number of aryl methyl sites for hydroxylation is 1. The van der Waals surface area contributed by atoms with Crippen LogP contribution < -0.4 is 0 Å². The van der Waals surface area contributed by atoms with Crippen molar-refractivity contribution in [2.45, 2.75) is 38.6 Å². The number of rotatable bonds is 4. The third-order valence-corrected chi connectivity index (χ3v) is 5.30. The lowest BCUT2D eigenvalue weighted by atomic mass is 10.0. The number of carbonyl (C=O) groups excluding carboxylic acids is 1. The Balaban J connectivity index is 1.76. The van der Waals surface area contributed by atoms with Crippen molar-refractivity contribution in [2.75, 3.05) is 7.05 Å². The molecule has 4 heteroatoms. The largest absolute Gasteiger partial charge is 0.335 e. The van der Waals surface area contributed by atoms with Gasteiger partial charge in [0.1, 0.15) is 0 Å². The first kappa shape index (κ1) is 16.7. The Morgan fingerprint density at radius 2 is 1.88 bits per heavy atom. The number of carbonyl (C=O) groups is 1. The lowest BCUT2D eigenvalue weighted by Crippen LogP contribution is -2.30. The Bertz CT molecular complexity index is 964. The van der Waals surface area contributed by atoms with E-state index in [1.807, 2.05) is 50.1 Å². The molecule has 0 aliphatic heterocycles. The van der Waals surface area contributed by atoms with Gasteiger partial charge in [-0.2, -0.15) is 0 Å². The number of hydrogen-bond donors (Lipinski definition) is 0. The second-order valence-electron chi connectivity index (χ2n) is 7.26. The molecule has 1 aliphatic carbocycles. The van der Waals surface area contributed by atoms with Gasteiger partial charge in [0.15, 0.2) is 0 Å². The van der Waals surface area contributed by atoms with E-state index in [4.69, 9.17) is 4.98 Å². The Kier molecular flexibility index (Phi) is 4.19. The summed E-state index contributed by atoms with van der Waals surface area (Å²) in [6.45, 7) is 4.09. The van der Waals surface area contributed by atoms with E-state index in [0.29, 0.717) is 5.92 Å². The van der Waals surface area contributed by atoms with E-state index >= 15 is 0 Å². The molecule has 2 aromatic heterocycles. The van der Waals surface area contributed by atoms with Gasteiger partial charge >= 0.3 is 0 Å². The third-order valence-electron chi connectivity index (χ3n) is 5.30. The Morgan fingerprint density at radius 3 is 2.58 bits per heavy atom. The molecule has 0 N–H and O–H groups in total. The van der Waals surface area contributed by atoms with Crippen LogP contribution in [-0.4, -0.2) is 27.8 Å². The standard InChI is InChI=1S/C22H23N3O/c1-14-4-7-20-18(12-14)19(13-21(24-20)17-5-6-17)22(26)25(3)15(2)16-8-10-23-11-9-16/h4,7-13,15,17H,5-6H2,1-3H3/t15-/m1/s1. The minimum atomic E-state index is -0.0251. The predicted molar refractivity (Wildman–Crippen MR) is 103 cm³/mol. The fraction of sp³-hybridized carbons (Fsp3) is 0.318. The van der Waals surface area contributed by atoms with Gasteiger partial charge in [-0.15, -0.1) is 0 Å². The predicted octanol–water partition coefficient (Wildman–Crippen LogP) is 4.65. The summed E-state index contributed by atoms with van der Waals surface area (Å²) in [6, 6.07) is 12.1. The monoisotopic (exact) mass is 345 g/mol. The Labute approximate surface area is 153 Å². The maximum absolute atomic E-state index is 13.4. The molecule has 0 saturated heterocycles. The van der Waals surface area contributed by atoms with Gasteiger partial charge < -0.3 is 4.90 Å². The lowest BCUT2D eigenvalue weighted by Gasteiger charge is -2.26. The van der Waals surface area contributed by atoms with Crippen LogP contribution in [0.3, 0.4) is 0 Å². The first-order chi connectivity index (χ1) is 12.5. The zero-order valence-corrected chi connectivity index (χ0v) is 15.4. The summed E-state index contributed by atoms with van der Waals surface area (Å²) >= 11 is 0. The highest BCUT2D eigenvalue weighted by atomic mass is 16.2. The number of pyridine rings is 2. The van der Waals surface area contributed by atoms with Crippen molar-refractivity contribution in [2.24, 2.45) is 0 Å². The van der Waals surface area contributed by atoms with Gasteiger partial charge in [0.25, 0.3) is 5.91 Å². The zero-order valence-electron chi connectivity index (χ0n) is 15.4. The minimum Gasteiger partial charge on any atom is -0.335 e. The second-order valence-corrected chi connectivity index (χ2v) is 7.26. The topological polar surface area (TPSA) is 46.1 Å². The van der Waals surface area contributed by atoms with Crippen LogP contribution in [0.4, 0.5) is 0 Å². The van der Waals surface area contributed by atoms with Crippen LogP contribution in [0.5, 0.6) is 0 Å². The van der Waals surface area contributed by atoms with Crippen molar-refractivity contribution in [3.05, 3.63) is 71.2 Å². The molecule has 1 fully saturated rings. The molecular weight excluding hydrogens is 322 g/mol. The minimum absolute atomic E-state index is 0.0251. The molecule has 1 atom stereocenters. The van der Waals surface area contributed by atoms with Crippen molar-refractivity contribution in [3.63, 3.8) is 0 Å². The van der Waals surface area contributed by atoms with Crippen molar-refractivity contribution >= 4 is 16.8 Å². The number of fused-ring (bicyclic) bond motifs is 1. The van der Waals surface area contributed by atoms with Gasteiger partial charge in [0.2, 0.25) is 0 Å². The van der Waals surface area contributed by atoms with E-state index in [0.717, 1.165) is 33.3 Å². The molecule has 0 radical (unpaired) electrons. The molecule has 0 unspecified atom stereocenters. The van der Waals surface area contributed by atoms with Crippen LogP contribution in [-0.2, 0) is 0 Å². The molecule has 4 rings (SSSR count). The molecule has 26 heavy (non-hydrogen) atoms. The first-order valence-corrected chi connectivity index (χ1v) is 9.13. The molecule has 1 saturated carbocycles. The smallest absolute Gasteiger partial charge is 0.254 e. The van der Waals surface area contributed by atoms with Crippen molar-refractivity contribution in [1.82, 2.24) is 14.9 Å². The molecule has 2 heterocycles. The highest BCUT2D eigenvalue weighted by Crippen LogP contribution is 2.40. The second kappa shape index (κ2) is 6.52. The lowest BCUT2D eigenvalue weighted by molar-refractivity contribution is 0.0744. The summed E-state index contributed by atoms with van der Waals surface area (Å²) < 4.78 is 0. The average molecular weight is 345 g/mol. The van der Waals surface area contributed by atoms with Gasteiger partial charge in [0, 0.05) is 36.4 Å². The Hall–Kier alpha value is -2.75. The van der Waals surface area contributed by atoms with Crippen LogP contribution in [0.1, 0.15) is 58.9 Å². The first-order valence-electron chi connectivity index (χ1n) is 9.13. The van der Waals surface area contributed by atoms with Gasteiger partial charge in [-0.25, -0.2) is 0 Å².